The Balaban J connectivity index is 2.21. The molecule has 0 amide bonds. The molecule has 0 heterocycles. The first-order chi connectivity index (χ1) is 10.9. The fourth-order valence-electron chi connectivity index (χ4n) is 2.08. The number of hydrogen-bond acceptors (Lipinski definition) is 4. The van der Waals surface area contributed by atoms with E-state index in [1.165, 1.54) is 19.2 Å². The van der Waals surface area contributed by atoms with Crippen LogP contribution in [0.5, 0.6) is 11.5 Å². The summed E-state index contributed by atoms with van der Waals surface area (Å²) >= 11 is 3.30. The lowest BCUT2D eigenvalue weighted by molar-refractivity contribution is 0.411. The van der Waals surface area contributed by atoms with Crippen LogP contribution in [0.2, 0.25) is 0 Å². The molecule has 23 heavy (non-hydrogen) atoms. The normalized spacial score (nSPS) is 12.7. The van der Waals surface area contributed by atoms with Crippen LogP contribution in [-0.2, 0) is 10.0 Å². The second-order valence-corrected chi connectivity index (χ2v) is 7.48. The number of benzene rings is 2. The third-order valence-electron chi connectivity index (χ3n) is 3.38. The molecular formula is C16H18BrNO4S. The van der Waals surface area contributed by atoms with Gasteiger partial charge in [-0.1, -0.05) is 12.1 Å². The zero-order chi connectivity index (χ0) is 17.0. The molecular weight excluding hydrogens is 382 g/mol. The van der Waals surface area contributed by atoms with Gasteiger partial charge in [0.25, 0.3) is 0 Å². The first kappa shape index (κ1) is 17.8. The van der Waals surface area contributed by atoms with E-state index in [4.69, 9.17) is 9.47 Å². The Kier molecular flexibility index (Phi) is 5.67. The third-order valence-corrected chi connectivity index (χ3v) is 5.54. The molecule has 0 aromatic heterocycles. The zero-order valence-electron chi connectivity index (χ0n) is 13.0. The Morgan fingerprint density at radius 1 is 1.04 bits per heavy atom. The molecule has 0 bridgehead atoms. The van der Waals surface area contributed by atoms with Crippen LogP contribution in [-0.4, -0.2) is 22.6 Å². The molecule has 0 aliphatic rings. The fourth-order valence-corrected chi connectivity index (χ4v) is 4.03. The van der Waals surface area contributed by atoms with Crippen LogP contribution >= 0.6 is 15.9 Å². The van der Waals surface area contributed by atoms with Gasteiger partial charge in [0, 0.05) is 6.04 Å². The van der Waals surface area contributed by atoms with Gasteiger partial charge in [-0.25, -0.2) is 13.1 Å². The molecule has 0 saturated heterocycles. The standard InChI is InChI=1S/C16H18BrNO4S/c1-11(12-4-6-13(21-2)7-5-12)18-23(19,20)14-8-9-16(22-3)15(17)10-14/h4-11,18H,1-3H3/t11-/m0/s1. The van der Waals surface area contributed by atoms with Gasteiger partial charge in [0.05, 0.1) is 23.6 Å². The van der Waals surface area contributed by atoms with E-state index in [2.05, 4.69) is 20.7 Å². The number of nitrogens with one attached hydrogen (secondary N) is 1. The van der Waals surface area contributed by atoms with E-state index in [9.17, 15) is 8.42 Å². The third kappa shape index (κ3) is 4.25. The van der Waals surface area contributed by atoms with Crippen LogP contribution in [0.25, 0.3) is 0 Å². The summed E-state index contributed by atoms with van der Waals surface area (Å²) in [5, 5.41) is 0. The van der Waals surface area contributed by atoms with Crippen molar-refractivity contribution < 1.29 is 17.9 Å². The number of ether oxygens (including phenoxy) is 2. The Hall–Kier alpha value is -1.57. The lowest BCUT2D eigenvalue weighted by Crippen LogP contribution is -2.26. The van der Waals surface area contributed by atoms with E-state index in [0.29, 0.717) is 10.2 Å². The Morgan fingerprint density at radius 3 is 2.22 bits per heavy atom. The van der Waals surface area contributed by atoms with E-state index in [1.807, 2.05) is 12.1 Å². The van der Waals surface area contributed by atoms with Crippen molar-refractivity contribution >= 4 is 26.0 Å². The van der Waals surface area contributed by atoms with E-state index < -0.39 is 10.0 Å². The van der Waals surface area contributed by atoms with Gasteiger partial charge in [0.1, 0.15) is 11.5 Å². The van der Waals surface area contributed by atoms with Gasteiger partial charge in [-0.3, -0.25) is 0 Å². The molecule has 2 rings (SSSR count). The van der Waals surface area contributed by atoms with Crippen LogP contribution in [0.4, 0.5) is 0 Å². The monoisotopic (exact) mass is 399 g/mol. The molecule has 0 saturated carbocycles. The minimum atomic E-state index is -3.64. The summed E-state index contributed by atoms with van der Waals surface area (Å²) in [5.41, 5.74) is 0.849. The van der Waals surface area contributed by atoms with Crippen molar-refractivity contribution in [1.29, 1.82) is 0 Å². The number of methoxy groups -OCH3 is 2. The molecule has 2 aromatic carbocycles. The molecule has 0 spiro atoms. The Morgan fingerprint density at radius 2 is 1.70 bits per heavy atom. The molecule has 5 nitrogen and oxygen atoms in total. The first-order valence-corrected chi connectivity index (χ1v) is 9.15. The van der Waals surface area contributed by atoms with Crippen molar-refractivity contribution in [1.82, 2.24) is 4.72 Å². The van der Waals surface area contributed by atoms with E-state index >= 15 is 0 Å². The second kappa shape index (κ2) is 7.33. The molecule has 0 aliphatic heterocycles. The maximum absolute atomic E-state index is 12.5. The average Bonchev–Trinajstić information content (AvgIpc) is 2.54. The smallest absolute Gasteiger partial charge is 0.241 e. The summed E-state index contributed by atoms with van der Waals surface area (Å²) in [6.07, 6.45) is 0. The summed E-state index contributed by atoms with van der Waals surface area (Å²) in [6, 6.07) is 11.5. The van der Waals surface area contributed by atoms with Gasteiger partial charge in [-0.15, -0.1) is 0 Å². The van der Waals surface area contributed by atoms with Crippen molar-refractivity contribution in [2.45, 2.75) is 17.9 Å². The van der Waals surface area contributed by atoms with Gasteiger partial charge in [0.2, 0.25) is 10.0 Å². The molecule has 124 valence electrons. The van der Waals surface area contributed by atoms with Crippen molar-refractivity contribution in [2.24, 2.45) is 0 Å². The predicted octanol–water partition coefficient (Wildman–Crippen LogP) is 3.51. The summed E-state index contributed by atoms with van der Waals surface area (Å²) in [7, 11) is -0.526. The molecule has 7 heteroatoms. The van der Waals surface area contributed by atoms with E-state index in [-0.39, 0.29) is 10.9 Å². The molecule has 1 atom stereocenters. The second-order valence-electron chi connectivity index (χ2n) is 4.91. The zero-order valence-corrected chi connectivity index (χ0v) is 15.4. The highest BCUT2D eigenvalue weighted by atomic mass is 79.9. The average molecular weight is 400 g/mol. The van der Waals surface area contributed by atoms with Crippen LogP contribution in [0.15, 0.2) is 51.8 Å². The number of sulfonamides is 1. The Labute approximate surface area is 144 Å². The molecule has 0 radical (unpaired) electrons. The van der Waals surface area contributed by atoms with Crippen LogP contribution < -0.4 is 14.2 Å². The quantitative estimate of drug-likeness (QED) is 0.806. The van der Waals surface area contributed by atoms with Crippen LogP contribution in [0.3, 0.4) is 0 Å². The van der Waals surface area contributed by atoms with E-state index in [1.54, 1.807) is 32.2 Å². The van der Waals surface area contributed by atoms with Crippen molar-refractivity contribution in [2.75, 3.05) is 14.2 Å². The number of halogens is 1. The lowest BCUT2D eigenvalue weighted by atomic mass is 10.1. The SMILES string of the molecule is COc1ccc([C@H](C)NS(=O)(=O)c2ccc(OC)c(Br)c2)cc1. The van der Waals surface area contributed by atoms with Gasteiger partial charge in [-0.05, 0) is 58.7 Å². The van der Waals surface area contributed by atoms with Gasteiger partial charge >= 0.3 is 0 Å². The molecule has 0 unspecified atom stereocenters. The summed E-state index contributed by atoms with van der Waals surface area (Å²) in [4.78, 5) is 0.172. The van der Waals surface area contributed by atoms with Crippen molar-refractivity contribution in [3.8, 4) is 11.5 Å². The van der Waals surface area contributed by atoms with Crippen molar-refractivity contribution in [3.63, 3.8) is 0 Å². The molecule has 2 aromatic rings. The largest absolute Gasteiger partial charge is 0.497 e. The van der Waals surface area contributed by atoms with Gasteiger partial charge < -0.3 is 9.47 Å². The lowest BCUT2D eigenvalue weighted by Gasteiger charge is -2.15. The fraction of sp³-hybridized carbons (Fsp3) is 0.250. The first-order valence-electron chi connectivity index (χ1n) is 6.87. The summed E-state index contributed by atoms with van der Waals surface area (Å²) in [6.45, 7) is 1.79. The summed E-state index contributed by atoms with van der Waals surface area (Å²) < 4.78 is 38.4. The van der Waals surface area contributed by atoms with Crippen molar-refractivity contribution in [3.05, 3.63) is 52.5 Å². The minimum Gasteiger partial charge on any atom is -0.497 e. The van der Waals surface area contributed by atoms with Crippen LogP contribution in [0, 0.1) is 0 Å². The predicted molar refractivity (Wildman–Crippen MR) is 92.4 cm³/mol. The highest BCUT2D eigenvalue weighted by Crippen LogP contribution is 2.28. The highest BCUT2D eigenvalue weighted by Gasteiger charge is 2.19. The van der Waals surface area contributed by atoms with E-state index in [0.717, 1.165) is 11.3 Å². The van der Waals surface area contributed by atoms with Crippen LogP contribution in [0.1, 0.15) is 18.5 Å². The molecule has 1 N–H and O–H groups in total. The van der Waals surface area contributed by atoms with Gasteiger partial charge in [0.15, 0.2) is 0 Å². The highest BCUT2D eigenvalue weighted by molar-refractivity contribution is 9.10. The topological polar surface area (TPSA) is 64.6 Å². The summed E-state index contributed by atoms with van der Waals surface area (Å²) in [5.74, 6) is 1.30. The molecule has 0 fully saturated rings. The maximum atomic E-state index is 12.5. The maximum Gasteiger partial charge on any atom is 0.241 e. The minimum absolute atomic E-state index is 0.172. The molecule has 0 aliphatic carbocycles. The number of hydrogen-bond donors (Lipinski definition) is 1. The van der Waals surface area contributed by atoms with Gasteiger partial charge in [-0.2, -0.15) is 0 Å². The Bertz CT molecular complexity index is 775. The number of rotatable bonds is 6.